The number of benzene rings is 1. The number of alkyl halides is 1. The minimum Gasteiger partial charge on any atom is -0.465 e. The van der Waals surface area contributed by atoms with Gasteiger partial charge in [-0.05, 0) is 36.2 Å². The monoisotopic (exact) mass is 337 g/mol. The predicted octanol–water partition coefficient (Wildman–Crippen LogP) is 3.88. The quantitative estimate of drug-likeness (QED) is 0.630. The molecule has 0 radical (unpaired) electrons. The van der Waals surface area contributed by atoms with Crippen LogP contribution in [0.25, 0.3) is 11.1 Å². The highest BCUT2D eigenvalue weighted by molar-refractivity contribution is 9.08. The third-order valence-corrected chi connectivity index (χ3v) is 3.56. The number of carbonyl (C=O) groups excluding carboxylic acids is 1. The maximum Gasteiger partial charge on any atom is 0.338 e. The van der Waals surface area contributed by atoms with Crippen molar-refractivity contribution < 1.29 is 13.9 Å². The fraction of sp³-hybridized carbons (Fsp3) is 0.200. The van der Waals surface area contributed by atoms with Gasteiger partial charge in [0.25, 0.3) is 0 Å². The highest BCUT2D eigenvalue weighted by Gasteiger charge is 2.14. The summed E-state index contributed by atoms with van der Waals surface area (Å²) in [6, 6.07) is 6.81. The average Bonchev–Trinajstić information content (AvgIpc) is 2.48. The van der Waals surface area contributed by atoms with Crippen LogP contribution < -0.4 is 0 Å². The number of ether oxygens (including phenoxy) is 1. The molecule has 2 aromatic rings. The van der Waals surface area contributed by atoms with E-state index in [0.29, 0.717) is 22.0 Å². The summed E-state index contributed by atoms with van der Waals surface area (Å²) in [6.45, 7) is 1.80. The van der Waals surface area contributed by atoms with E-state index in [1.807, 2.05) is 0 Å². The van der Waals surface area contributed by atoms with Crippen LogP contribution in [0.3, 0.4) is 0 Å². The maximum absolute atomic E-state index is 13.9. The first-order valence-corrected chi connectivity index (χ1v) is 7.08. The number of esters is 1. The van der Waals surface area contributed by atoms with Crippen LogP contribution in [0.4, 0.5) is 4.39 Å². The molecule has 5 heteroatoms. The largest absolute Gasteiger partial charge is 0.465 e. The number of aromatic nitrogens is 1. The van der Waals surface area contributed by atoms with Crippen molar-refractivity contribution in [3.05, 3.63) is 53.1 Å². The summed E-state index contributed by atoms with van der Waals surface area (Å²) >= 11 is 3.33. The van der Waals surface area contributed by atoms with Crippen molar-refractivity contribution in [2.24, 2.45) is 0 Å². The summed E-state index contributed by atoms with van der Waals surface area (Å²) in [6.07, 6.45) is 1.20. The van der Waals surface area contributed by atoms with E-state index in [0.717, 1.165) is 11.3 Å². The molecule has 0 bridgehead atoms. The smallest absolute Gasteiger partial charge is 0.338 e. The molecular weight excluding hydrogens is 325 g/mol. The number of halogens is 2. The Hall–Kier alpha value is -1.75. The fourth-order valence-electron chi connectivity index (χ4n) is 1.95. The maximum atomic E-state index is 13.9. The predicted molar refractivity (Wildman–Crippen MR) is 78.3 cm³/mol. The Morgan fingerprint density at radius 1 is 1.40 bits per heavy atom. The van der Waals surface area contributed by atoms with Gasteiger partial charge in [-0.3, -0.25) is 4.98 Å². The average molecular weight is 338 g/mol. The molecule has 0 atom stereocenters. The van der Waals surface area contributed by atoms with E-state index < -0.39 is 5.97 Å². The lowest BCUT2D eigenvalue weighted by Gasteiger charge is -2.09. The van der Waals surface area contributed by atoms with Gasteiger partial charge in [0.1, 0.15) is 5.82 Å². The molecule has 0 N–H and O–H groups in total. The molecule has 0 amide bonds. The van der Waals surface area contributed by atoms with Crippen molar-refractivity contribution in [3.8, 4) is 11.1 Å². The normalized spacial score (nSPS) is 10.4. The number of pyridine rings is 1. The zero-order valence-corrected chi connectivity index (χ0v) is 12.7. The van der Waals surface area contributed by atoms with Gasteiger partial charge >= 0.3 is 5.97 Å². The number of hydrogen-bond acceptors (Lipinski definition) is 3. The second-order valence-corrected chi connectivity index (χ2v) is 4.86. The zero-order valence-electron chi connectivity index (χ0n) is 11.1. The summed E-state index contributed by atoms with van der Waals surface area (Å²) in [4.78, 5) is 15.5. The van der Waals surface area contributed by atoms with Gasteiger partial charge in [0.2, 0.25) is 0 Å². The highest BCUT2D eigenvalue weighted by atomic mass is 79.9. The Morgan fingerprint density at radius 3 is 2.80 bits per heavy atom. The lowest BCUT2D eigenvalue weighted by molar-refractivity contribution is 0.0600. The van der Waals surface area contributed by atoms with Crippen molar-refractivity contribution in [1.82, 2.24) is 4.98 Å². The van der Waals surface area contributed by atoms with Crippen LogP contribution in [-0.2, 0) is 10.1 Å². The van der Waals surface area contributed by atoms with E-state index >= 15 is 0 Å². The second-order valence-electron chi connectivity index (χ2n) is 4.30. The number of methoxy groups -OCH3 is 1. The molecule has 0 saturated heterocycles. The lowest BCUT2D eigenvalue weighted by atomic mass is 10.00. The van der Waals surface area contributed by atoms with Crippen LogP contribution >= 0.6 is 15.9 Å². The Balaban J connectivity index is 2.54. The van der Waals surface area contributed by atoms with Gasteiger partial charge < -0.3 is 4.74 Å². The number of rotatable bonds is 3. The molecule has 1 aromatic carbocycles. The topological polar surface area (TPSA) is 39.2 Å². The SMILES string of the molecule is COC(=O)c1ccc(-c2cc(C)ncc2F)cc1CBr. The Morgan fingerprint density at radius 2 is 2.15 bits per heavy atom. The van der Waals surface area contributed by atoms with E-state index in [1.165, 1.54) is 13.3 Å². The summed E-state index contributed by atoms with van der Waals surface area (Å²) in [5, 5.41) is 0.483. The molecule has 1 aromatic heterocycles. The van der Waals surface area contributed by atoms with Gasteiger partial charge in [0.05, 0.1) is 18.9 Å². The van der Waals surface area contributed by atoms with E-state index in [2.05, 4.69) is 20.9 Å². The molecule has 2 rings (SSSR count). The molecule has 1 heterocycles. The summed E-state index contributed by atoms with van der Waals surface area (Å²) in [7, 11) is 1.33. The van der Waals surface area contributed by atoms with Crippen LogP contribution in [0, 0.1) is 12.7 Å². The van der Waals surface area contributed by atoms with Crippen molar-refractivity contribution in [1.29, 1.82) is 0 Å². The molecule has 0 unspecified atom stereocenters. The molecule has 0 fully saturated rings. The molecule has 0 aliphatic rings. The van der Waals surface area contributed by atoms with E-state index in [1.54, 1.807) is 31.2 Å². The van der Waals surface area contributed by atoms with Gasteiger partial charge in [-0.25, -0.2) is 9.18 Å². The number of hydrogen-bond donors (Lipinski definition) is 0. The minimum atomic E-state index is -0.405. The van der Waals surface area contributed by atoms with Crippen LogP contribution in [0.5, 0.6) is 0 Å². The number of aryl methyl sites for hydroxylation is 1. The Labute approximate surface area is 124 Å². The Kier molecular flexibility index (Phi) is 4.49. The number of nitrogens with zero attached hydrogens (tertiary/aromatic N) is 1. The van der Waals surface area contributed by atoms with Gasteiger partial charge in [-0.15, -0.1) is 0 Å². The molecule has 0 spiro atoms. The van der Waals surface area contributed by atoms with Crippen molar-refractivity contribution in [3.63, 3.8) is 0 Å². The van der Waals surface area contributed by atoms with E-state index in [9.17, 15) is 9.18 Å². The van der Waals surface area contributed by atoms with Crippen LogP contribution in [-0.4, -0.2) is 18.1 Å². The van der Waals surface area contributed by atoms with E-state index in [4.69, 9.17) is 4.74 Å². The van der Waals surface area contributed by atoms with Crippen molar-refractivity contribution in [2.75, 3.05) is 7.11 Å². The third kappa shape index (κ3) is 2.88. The first kappa shape index (κ1) is 14.7. The van der Waals surface area contributed by atoms with E-state index in [-0.39, 0.29) is 5.82 Å². The standard InChI is InChI=1S/C15H13BrFNO2/c1-9-5-13(14(17)8-18-9)10-3-4-12(15(19)20-2)11(6-10)7-16/h3-6,8H,7H2,1-2H3. The van der Waals surface area contributed by atoms with Gasteiger partial charge in [0.15, 0.2) is 0 Å². The van der Waals surface area contributed by atoms with Crippen molar-refractivity contribution >= 4 is 21.9 Å². The lowest BCUT2D eigenvalue weighted by Crippen LogP contribution is -2.05. The fourth-order valence-corrected chi connectivity index (χ4v) is 2.41. The zero-order chi connectivity index (χ0) is 14.7. The molecule has 20 heavy (non-hydrogen) atoms. The molecule has 0 saturated carbocycles. The Bertz CT molecular complexity index is 658. The summed E-state index contributed by atoms with van der Waals surface area (Å²) in [5.41, 5.74) is 3.13. The van der Waals surface area contributed by atoms with Crippen molar-refractivity contribution in [2.45, 2.75) is 12.3 Å². The van der Waals surface area contributed by atoms with Crippen LogP contribution in [0.1, 0.15) is 21.6 Å². The molecule has 0 aliphatic carbocycles. The molecule has 3 nitrogen and oxygen atoms in total. The van der Waals surface area contributed by atoms with Crippen LogP contribution in [0.2, 0.25) is 0 Å². The van der Waals surface area contributed by atoms with Gasteiger partial charge in [-0.2, -0.15) is 0 Å². The summed E-state index contributed by atoms with van der Waals surface area (Å²) < 4.78 is 18.6. The molecular formula is C15H13BrFNO2. The molecule has 104 valence electrons. The third-order valence-electron chi connectivity index (χ3n) is 2.96. The van der Waals surface area contributed by atoms with Crippen LogP contribution in [0.15, 0.2) is 30.5 Å². The first-order chi connectivity index (χ1) is 9.56. The summed E-state index contributed by atoms with van der Waals surface area (Å²) in [5.74, 6) is -0.792. The second kappa shape index (κ2) is 6.13. The van der Waals surface area contributed by atoms with Gasteiger partial charge in [0, 0.05) is 16.6 Å². The minimum absolute atomic E-state index is 0.387. The molecule has 0 aliphatic heterocycles. The highest BCUT2D eigenvalue weighted by Crippen LogP contribution is 2.26. The number of carbonyl (C=O) groups is 1. The first-order valence-electron chi connectivity index (χ1n) is 5.96. The van der Waals surface area contributed by atoms with Gasteiger partial charge in [-0.1, -0.05) is 22.0 Å².